The standard InChI is InChI=1S/C21H18N/c1-4-10-19(11-5-1)16-22(17-20-12-6-2-7-13-20)18-21-14-8-3-9-15-21/h1-16H,17H2. The molecule has 3 aromatic carbocycles. The van der Waals surface area contributed by atoms with Gasteiger partial charge in [0.15, 0.2) is 13.1 Å². The lowest BCUT2D eigenvalue weighted by Gasteiger charge is -2.09. The molecule has 22 heavy (non-hydrogen) atoms. The van der Waals surface area contributed by atoms with Crippen molar-refractivity contribution in [3.63, 3.8) is 0 Å². The predicted octanol–water partition coefficient (Wildman–Crippen LogP) is 4.41. The Kier molecular flexibility index (Phi) is 4.68. The predicted molar refractivity (Wildman–Crippen MR) is 90.8 cm³/mol. The Labute approximate surface area is 132 Å². The first-order valence-electron chi connectivity index (χ1n) is 7.42. The van der Waals surface area contributed by atoms with Crippen molar-refractivity contribution in [3.05, 3.63) is 114 Å². The Morgan fingerprint density at radius 1 is 0.682 bits per heavy atom. The topological polar surface area (TPSA) is 3.01 Å². The van der Waals surface area contributed by atoms with Gasteiger partial charge in [-0.15, -0.1) is 24.3 Å². The minimum atomic E-state index is 0.796. The minimum Gasteiger partial charge on any atom is -0.276 e. The number of hydrogen-bond donors (Lipinski definition) is 0. The van der Waals surface area contributed by atoms with Crippen LogP contribution in [0.1, 0.15) is 16.7 Å². The summed E-state index contributed by atoms with van der Waals surface area (Å²) in [5, 5.41) is 0. The molecule has 0 N–H and O–H groups in total. The lowest BCUT2D eigenvalue weighted by Crippen LogP contribution is -2.11. The van der Waals surface area contributed by atoms with Crippen LogP contribution in [-0.4, -0.2) is 10.8 Å². The highest BCUT2D eigenvalue weighted by Gasteiger charge is 2.04. The molecule has 0 spiro atoms. The molecule has 0 aliphatic carbocycles. The number of benzene rings is 3. The molecule has 0 atom stereocenters. The largest absolute Gasteiger partial charge is 0.276 e. The van der Waals surface area contributed by atoms with E-state index >= 15 is 0 Å². The summed E-state index contributed by atoms with van der Waals surface area (Å²) in [7, 11) is 0. The van der Waals surface area contributed by atoms with Gasteiger partial charge in [-0.3, -0.25) is 4.58 Å². The van der Waals surface area contributed by atoms with Gasteiger partial charge in [0.25, 0.3) is 0 Å². The average molecular weight is 284 g/mol. The van der Waals surface area contributed by atoms with Gasteiger partial charge in [-0.05, 0) is 5.56 Å². The van der Waals surface area contributed by atoms with E-state index in [0.29, 0.717) is 0 Å². The van der Waals surface area contributed by atoms with Crippen LogP contribution in [0.4, 0.5) is 0 Å². The average Bonchev–Trinajstić information content (AvgIpc) is 2.57. The first-order valence-corrected chi connectivity index (χ1v) is 7.42. The second-order valence-electron chi connectivity index (χ2n) is 5.13. The van der Waals surface area contributed by atoms with Crippen molar-refractivity contribution in [1.29, 1.82) is 0 Å². The maximum Gasteiger partial charge on any atom is 0.156 e. The molecule has 0 aliphatic rings. The molecule has 0 bridgehead atoms. The summed E-state index contributed by atoms with van der Waals surface area (Å²) in [5.74, 6) is 0. The maximum absolute atomic E-state index is 3.45. The summed E-state index contributed by atoms with van der Waals surface area (Å²) in [6, 6.07) is 31.0. The van der Waals surface area contributed by atoms with Gasteiger partial charge in [-0.25, -0.2) is 0 Å². The second-order valence-corrected chi connectivity index (χ2v) is 5.13. The fourth-order valence-corrected chi connectivity index (χ4v) is 2.30. The van der Waals surface area contributed by atoms with Gasteiger partial charge in [0.1, 0.15) is 6.21 Å². The van der Waals surface area contributed by atoms with E-state index in [4.69, 9.17) is 0 Å². The molecular formula is C21H18N. The van der Waals surface area contributed by atoms with Crippen LogP contribution in [0.3, 0.4) is 0 Å². The molecule has 0 heterocycles. The molecule has 0 unspecified atom stereocenters. The zero-order chi connectivity index (χ0) is 15.0. The van der Waals surface area contributed by atoms with Crippen LogP contribution in [0.5, 0.6) is 0 Å². The number of hydrogen-bond acceptors (Lipinski definition) is 0. The molecule has 3 rings (SSSR count). The van der Waals surface area contributed by atoms with Crippen LogP contribution in [0.2, 0.25) is 0 Å². The van der Waals surface area contributed by atoms with E-state index in [2.05, 4.69) is 78.0 Å². The van der Waals surface area contributed by atoms with Crippen molar-refractivity contribution < 1.29 is 4.58 Å². The minimum absolute atomic E-state index is 0.796. The van der Waals surface area contributed by atoms with Crippen molar-refractivity contribution in [2.75, 3.05) is 0 Å². The van der Waals surface area contributed by atoms with Gasteiger partial charge in [-0.1, -0.05) is 72.3 Å². The molecule has 1 heteroatoms. The highest BCUT2D eigenvalue weighted by atomic mass is 15.0. The highest BCUT2D eigenvalue weighted by Crippen LogP contribution is 2.08. The lowest BCUT2D eigenvalue weighted by atomic mass is 10.1. The van der Waals surface area contributed by atoms with Crippen molar-refractivity contribution in [1.82, 2.24) is 0 Å². The maximum atomic E-state index is 3.45. The highest BCUT2D eigenvalue weighted by molar-refractivity contribution is 5.75. The normalized spacial score (nSPS) is 11.2. The molecule has 0 saturated heterocycles. The summed E-state index contributed by atoms with van der Waals surface area (Å²) in [5.41, 5.74) is 3.51. The molecule has 0 aliphatic heterocycles. The Morgan fingerprint density at radius 2 is 1.23 bits per heavy atom. The summed E-state index contributed by atoms with van der Waals surface area (Å²) in [4.78, 5) is 0. The summed E-state index contributed by atoms with van der Waals surface area (Å²) >= 11 is 0. The van der Waals surface area contributed by atoms with Crippen molar-refractivity contribution in [2.24, 2.45) is 0 Å². The third-order valence-corrected chi connectivity index (χ3v) is 3.35. The van der Waals surface area contributed by atoms with Crippen molar-refractivity contribution in [2.45, 2.75) is 6.54 Å². The summed E-state index contributed by atoms with van der Waals surface area (Å²) in [6.45, 7) is 4.25. The van der Waals surface area contributed by atoms with Gasteiger partial charge in [0.2, 0.25) is 0 Å². The van der Waals surface area contributed by atoms with E-state index in [0.717, 1.165) is 12.1 Å². The zero-order valence-electron chi connectivity index (χ0n) is 12.4. The summed E-state index contributed by atoms with van der Waals surface area (Å²) in [6.07, 6.45) is 2.12. The lowest BCUT2D eigenvalue weighted by molar-refractivity contribution is -0.493. The summed E-state index contributed by atoms with van der Waals surface area (Å²) < 4.78 is 2.11. The third kappa shape index (κ3) is 4.10. The van der Waals surface area contributed by atoms with E-state index in [-0.39, 0.29) is 0 Å². The van der Waals surface area contributed by atoms with Gasteiger partial charge in [-0.2, -0.15) is 0 Å². The monoisotopic (exact) mass is 284 g/mol. The van der Waals surface area contributed by atoms with Gasteiger partial charge in [0, 0.05) is 5.56 Å². The van der Waals surface area contributed by atoms with Crippen LogP contribution in [0.25, 0.3) is 0 Å². The van der Waals surface area contributed by atoms with Crippen LogP contribution in [0, 0.1) is 6.54 Å². The fourth-order valence-electron chi connectivity index (χ4n) is 2.30. The second kappa shape index (κ2) is 7.28. The van der Waals surface area contributed by atoms with E-state index in [1.165, 1.54) is 11.1 Å². The van der Waals surface area contributed by atoms with E-state index < -0.39 is 0 Å². The van der Waals surface area contributed by atoms with Gasteiger partial charge in [0.05, 0.1) is 0 Å². The number of rotatable bonds is 5. The van der Waals surface area contributed by atoms with Gasteiger partial charge < -0.3 is 0 Å². The molecule has 1 nitrogen and oxygen atoms in total. The molecule has 3 aromatic rings. The molecule has 0 aromatic heterocycles. The molecular weight excluding hydrogens is 266 g/mol. The molecule has 0 fully saturated rings. The Morgan fingerprint density at radius 3 is 1.86 bits per heavy atom. The molecule has 1 radical (unpaired) electrons. The zero-order valence-corrected chi connectivity index (χ0v) is 12.4. The van der Waals surface area contributed by atoms with Crippen LogP contribution in [-0.2, 0) is 6.54 Å². The van der Waals surface area contributed by atoms with Crippen LogP contribution >= 0.6 is 0 Å². The van der Waals surface area contributed by atoms with E-state index in [9.17, 15) is 0 Å². The Bertz CT molecular complexity index is 672. The van der Waals surface area contributed by atoms with Crippen molar-refractivity contribution >= 4 is 6.21 Å². The van der Waals surface area contributed by atoms with Crippen LogP contribution < -0.4 is 0 Å². The molecule has 0 amide bonds. The first-order chi connectivity index (χ1) is 10.9. The molecule has 107 valence electrons. The van der Waals surface area contributed by atoms with E-state index in [1.807, 2.05) is 30.3 Å². The quantitative estimate of drug-likeness (QED) is 0.283. The Hall–Kier alpha value is -2.80. The van der Waals surface area contributed by atoms with E-state index in [1.54, 1.807) is 0 Å². The molecule has 0 saturated carbocycles. The first kappa shape index (κ1) is 14.2. The van der Waals surface area contributed by atoms with Crippen LogP contribution in [0.15, 0.2) is 91.0 Å². The van der Waals surface area contributed by atoms with Crippen molar-refractivity contribution in [3.8, 4) is 0 Å². The Balaban J connectivity index is 1.86. The fraction of sp³-hybridized carbons (Fsp3) is 0.0476. The van der Waals surface area contributed by atoms with Gasteiger partial charge >= 0.3 is 0 Å². The third-order valence-electron chi connectivity index (χ3n) is 3.35. The smallest absolute Gasteiger partial charge is 0.156 e. The SMILES string of the molecule is [C-](c1ccccc1)[N+](=Cc1ccccc1)Cc1ccccc1. The number of nitrogens with zero attached hydrogens (tertiary/aromatic N) is 1.